The Bertz CT molecular complexity index is 451. The van der Waals surface area contributed by atoms with Gasteiger partial charge in [0.25, 0.3) is 0 Å². The van der Waals surface area contributed by atoms with E-state index in [2.05, 4.69) is 5.32 Å². The molecule has 1 unspecified atom stereocenters. The van der Waals surface area contributed by atoms with Crippen molar-refractivity contribution in [2.24, 2.45) is 0 Å². The minimum absolute atomic E-state index is 0.0469. The second-order valence-electron chi connectivity index (χ2n) is 4.62. The Morgan fingerprint density at radius 3 is 2.89 bits per heavy atom. The maximum Gasteiger partial charge on any atom is 0.227 e. The third kappa shape index (κ3) is 3.04. The van der Waals surface area contributed by atoms with Gasteiger partial charge in [-0.05, 0) is 24.6 Å². The molecule has 2 rings (SSSR count). The van der Waals surface area contributed by atoms with Crippen LogP contribution in [-0.2, 0) is 11.2 Å². The lowest BCUT2D eigenvalue weighted by atomic mass is 10.1. The van der Waals surface area contributed by atoms with Crippen LogP contribution in [0, 0.1) is 11.6 Å². The SMILES string of the molecule is CC1CN(C(=O)Cc2ccc(F)c(F)c2)CCN1. The number of halogens is 2. The average Bonchev–Trinajstić information content (AvgIpc) is 2.34. The highest BCUT2D eigenvalue weighted by molar-refractivity contribution is 5.78. The molecular weight excluding hydrogens is 238 g/mol. The van der Waals surface area contributed by atoms with Crippen LogP contribution in [0.2, 0.25) is 0 Å². The van der Waals surface area contributed by atoms with Crippen LogP contribution in [0.15, 0.2) is 18.2 Å². The van der Waals surface area contributed by atoms with Crippen molar-refractivity contribution >= 4 is 5.91 Å². The van der Waals surface area contributed by atoms with Gasteiger partial charge in [0, 0.05) is 25.7 Å². The van der Waals surface area contributed by atoms with Gasteiger partial charge in [0.05, 0.1) is 6.42 Å². The highest BCUT2D eigenvalue weighted by atomic mass is 19.2. The first-order chi connectivity index (χ1) is 8.56. The van der Waals surface area contributed by atoms with Crippen molar-refractivity contribution < 1.29 is 13.6 Å². The van der Waals surface area contributed by atoms with E-state index in [4.69, 9.17) is 0 Å². The highest BCUT2D eigenvalue weighted by Crippen LogP contribution is 2.11. The van der Waals surface area contributed by atoms with Gasteiger partial charge >= 0.3 is 0 Å². The van der Waals surface area contributed by atoms with Gasteiger partial charge < -0.3 is 10.2 Å². The summed E-state index contributed by atoms with van der Waals surface area (Å²) < 4.78 is 25.8. The predicted octanol–water partition coefficient (Wildman–Crippen LogP) is 1.33. The quantitative estimate of drug-likeness (QED) is 0.863. The molecule has 1 fully saturated rings. The lowest BCUT2D eigenvalue weighted by Crippen LogP contribution is -2.51. The summed E-state index contributed by atoms with van der Waals surface area (Å²) in [5.41, 5.74) is 0.505. The van der Waals surface area contributed by atoms with Crippen molar-refractivity contribution in [2.75, 3.05) is 19.6 Å². The molecule has 0 bridgehead atoms. The molecule has 5 heteroatoms. The Kier molecular flexibility index (Phi) is 3.91. The standard InChI is InChI=1S/C13H16F2N2O/c1-9-8-17(5-4-16-9)13(18)7-10-2-3-11(14)12(15)6-10/h2-3,6,9,16H,4-5,7-8H2,1H3. The van der Waals surface area contributed by atoms with E-state index in [1.165, 1.54) is 6.07 Å². The van der Waals surface area contributed by atoms with Gasteiger partial charge in [-0.3, -0.25) is 4.79 Å². The van der Waals surface area contributed by atoms with E-state index in [1.807, 2.05) is 6.92 Å². The van der Waals surface area contributed by atoms with Crippen LogP contribution in [-0.4, -0.2) is 36.5 Å². The number of hydrogen-bond acceptors (Lipinski definition) is 2. The van der Waals surface area contributed by atoms with Gasteiger partial charge in [-0.2, -0.15) is 0 Å². The number of nitrogens with zero attached hydrogens (tertiary/aromatic N) is 1. The first kappa shape index (κ1) is 13.0. The summed E-state index contributed by atoms with van der Waals surface area (Å²) in [6, 6.07) is 3.85. The van der Waals surface area contributed by atoms with Gasteiger partial charge in [-0.25, -0.2) is 8.78 Å². The lowest BCUT2D eigenvalue weighted by Gasteiger charge is -2.32. The van der Waals surface area contributed by atoms with Crippen molar-refractivity contribution in [3.8, 4) is 0 Å². The van der Waals surface area contributed by atoms with E-state index < -0.39 is 11.6 Å². The van der Waals surface area contributed by atoms with Gasteiger partial charge in [0.1, 0.15) is 0 Å². The monoisotopic (exact) mass is 254 g/mol. The molecule has 0 aliphatic carbocycles. The molecule has 1 aliphatic rings. The fourth-order valence-electron chi connectivity index (χ4n) is 2.09. The van der Waals surface area contributed by atoms with Crippen LogP contribution in [0.4, 0.5) is 8.78 Å². The smallest absolute Gasteiger partial charge is 0.227 e. The minimum Gasteiger partial charge on any atom is -0.340 e. The molecule has 0 spiro atoms. The molecular formula is C13H16F2N2O. The second-order valence-corrected chi connectivity index (χ2v) is 4.62. The van der Waals surface area contributed by atoms with Crippen LogP contribution in [0.5, 0.6) is 0 Å². The molecule has 1 heterocycles. The van der Waals surface area contributed by atoms with E-state index in [0.29, 0.717) is 18.7 Å². The van der Waals surface area contributed by atoms with E-state index in [9.17, 15) is 13.6 Å². The van der Waals surface area contributed by atoms with E-state index in [-0.39, 0.29) is 18.4 Å². The fourth-order valence-corrected chi connectivity index (χ4v) is 2.09. The number of rotatable bonds is 2. The van der Waals surface area contributed by atoms with Crippen molar-refractivity contribution in [2.45, 2.75) is 19.4 Å². The minimum atomic E-state index is -0.908. The van der Waals surface area contributed by atoms with Gasteiger partial charge in [0.2, 0.25) is 5.91 Å². The molecule has 1 N–H and O–H groups in total. The van der Waals surface area contributed by atoms with E-state index in [1.54, 1.807) is 4.90 Å². The number of nitrogens with one attached hydrogen (secondary N) is 1. The largest absolute Gasteiger partial charge is 0.340 e. The van der Waals surface area contributed by atoms with Crippen LogP contribution in [0.1, 0.15) is 12.5 Å². The number of hydrogen-bond donors (Lipinski definition) is 1. The molecule has 1 saturated heterocycles. The van der Waals surface area contributed by atoms with Gasteiger partial charge in [-0.15, -0.1) is 0 Å². The van der Waals surface area contributed by atoms with Crippen molar-refractivity contribution in [1.29, 1.82) is 0 Å². The molecule has 1 amide bonds. The third-order valence-electron chi connectivity index (χ3n) is 3.06. The molecule has 1 aromatic rings. The van der Waals surface area contributed by atoms with Crippen LogP contribution < -0.4 is 5.32 Å². The zero-order chi connectivity index (χ0) is 13.1. The number of amides is 1. The van der Waals surface area contributed by atoms with E-state index in [0.717, 1.165) is 18.7 Å². The summed E-state index contributed by atoms with van der Waals surface area (Å²) in [7, 11) is 0. The Hall–Kier alpha value is -1.49. The summed E-state index contributed by atoms with van der Waals surface area (Å²) in [6.45, 7) is 4.09. The zero-order valence-electron chi connectivity index (χ0n) is 10.2. The molecule has 3 nitrogen and oxygen atoms in total. The number of benzene rings is 1. The van der Waals surface area contributed by atoms with Crippen LogP contribution in [0.3, 0.4) is 0 Å². The van der Waals surface area contributed by atoms with E-state index >= 15 is 0 Å². The van der Waals surface area contributed by atoms with Gasteiger partial charge in [-0.1, -0.05) is 6.07 Å². The zero-order valence-corrected chi connectivity index (χ0v) is 10.2. The molecule has 0 aromatic heterocycles. The Morgan fingerprint density at radius 2 is 2.22 bits per heavy atom. The molecule has 1 aliphatic heterocycles. The summed E-state index contributed by atoms with van der Waals surface area (Å²) >= 11 is 0. The Labute approximate surface area is 105 Å². The van der Waals surface area contributed by atoms with Crippen molar-refractivity contribution in [3.05, 3.63) is 35.4 Å². The van der Waals surface area contributed by atoms with Crippen molar-refractivity contribution in [3.63, 3.8) is 0 Å². The average molecular weight is 254 g/mol. The summed E-state index contributed by atoms with van der Waals surface area (Å²) in [4.78, 5) is 13.7. The van der Waals surface area contributed by atoms with Crippen LogP contribution >= 0.6 is 0 Å². The molecule has 1 aromatic carbocycles. The highest BCUT2D eigenvalue weighted by Gasteiger charge is 2.20. The second kappa shape index (κ2) is 5.44. The molecule has 0 saturated carbocycles. The maximum atomic E-state index is 13.0. The summed E-state index contributed by atoms with van der Waals surface area (Å²) in [6.07, 6.45) is 0.115. The topological polar surface area (TPSA) is 32.3 Å². The normalized spacial score (nSPS) is 19.9. The van der Waals surface area contributed by atoms with Crippen LogP contribution in [0.25, 0.3) is 0 Å². The summed E-state index contributed by atoms with van der Waals surface area (Å²) in [5, 5.41) is 3.24. The molecule has 98 valence electrons. The predicted molar refractivity (Wildman–Crippen MR) is 64.1 cm³/mol. The molecule has 1 atom stereocenters. The Morgan fingerprint density at radius 1 is 1.44 bits per heavy atom. The number of carbonyl (C=O) groups excluding carboxylic acids is 1. The molecule has 18 heavy (non-hydrogen) atoms. The fraction of sp³-hybridized carbons (Fsp3) is 0.462. The van der Waals surface area contributed by atoms with Gasteiger partial charge in [0.15, 0.2) is 11.6 Å². The first-order valence-electron chi connectivity index (χ1n) is 6.01. The molecule has 0 radical (unpaired) electrons. The first-order valence-corrected chi connectivity index (χ1v) is 6.01. The number of carbonyl (C=O) groups is 1. The Balaban J connectivity index is 2.00. The third-order valence-corrected chi connectivity index (χ3v) is 3.06. The maximum absolute atomic E-state index is 13.0. The lowest BCUT2D eigenvalue weighted by molar-refractivity contribution is -0.131. The summed E-state index contributed by atoms with van der Waals surface area (Å²) in [5.74, 6) is -1.84. The number of piperazine rings is 1. The van der Waals surface area contributed by atoms with Crippen molar-refractivity contribution in [1.82, 2.24) is 10.2 Å².